The van der Waals surface area contributed by atoms with Crippen molar-refractivity contribution in [3.8, 4) is 27.6 Å². The van der Waals surface area contributed by atoms with E-state index in [1.54, 1.807) is 54.6 Å². The number of urea groups is 1. The molecule has 12 heteroatoms. The van der Waals surface area contributed by atoms with Gasteiger partial charge in [-0.05, 0) is 36.4 Å². The Balaban J connectivity index is 1.38. The number of nitrogens with two attached hydrogens (primary N) is 1. The number of rotatable bonds is 6. The Bertz CT molecular complexity index is 1510. The molecule has 0 atom stereocenters. The summed E-state index contributed by atoms with van der Waals surface area (Å²) in [6.07, 6.45) is 1.55. The molecule has 2 N–H and O–H groups in total. The zero-order valence-electron chi connectivity index (χ0n) is 21.2. The van der Waals surface area contributed by atoms with Gasteiger partial charge >= 0.3 is 6.03 Å². The number of nitrogen functional groups attached to an aromatic ring is 1. The first-order valence-electron chi connectivity index (χ1n) is 12.5. The fraction of sp³-hybridized carbons (Fsp3) is 0.259. The summed E-state index contributed by atoms with van der Waals surface area (Å²) < 4.78 is 27.0. The molecule has 2 aliphatic rings. The van der Waals surface area contributed by atoms with E-state index in [-0.39, 0.29) is 17.7 Å². The lowest BCUT2D eigenvalue weighted by molar-refractivity contribution is 0.122. The van der Waals surface area contributed by atoms with Gasteiger partial charge < -0.3 is 20.1 Å². The molecule has 6 rings (SSSR count). The van der Waals surface area contributed by atoms with Gasteiger partial charge in [0.05, 0.1) is 36.6 Å². The van der Waals surface area contributed by atoms with Gasteiger partial charge in [0, 0.05) is 43.6 Å². The number of ether oxygens (including phenoxy) is 2. The second-order valence-corrected chi connectivity index (χ2v) is 9.97. The molecule has 2 aromatic heterocycles. The Hall–Kier alpha value is -4.29. The molecule has 2 fully saturated rings. The normalized spacial score (nSPS) is 15.7. The summed E-state index contributed by atoms with van der Waals surface area (Å²) in [6, 6.07) is 13.7. The third kappa shape index (κ3) is 4.72. The van der Waals surface area contributed by atoms with Gasteiger partial charge in [0.25, 0.3) is 0 Å². The van der Waals surface area contributed by atoms with Crippen LogP contribution < -0.4 is 25.2 Å². The maximum absolute atomic E-state index is 16.3. The number of anilines is 4. The van der Waals surface area contributed by atoms with Crippen molar-refractivity contribution >= 4 is 39.8 Å². The van der Waals surface area contributed by atoms with Gasteiger partial charge in [-0.1, -0.05) is 23.5 Å². The van der Waals surface area contributed by atoms with Crippen LogP contribution in [0, 0.1) is 5.82 Å². The second kappa shape index (κ2) is 10.5. The first-order valence-corrected chi connectivity index (χ1v) is 13.3. The average Bonchev–Trinajstić information content (AvgIpc) is 3.58. The number of hydrogen-bond donors (Lipinski definition) is 1. The molecule has 0 bridgehead atoms. The minimum absolute atomic E-state index is 0.106. The van der Waals surface area contributed by atoms with E-state index in [4.69, 9.17) is 20.2 Å². The van der Waals surface area contributed by atoms with Crippen molar-refractivity contribution in [1.29, 1.82) is 0 Å². The predicted molar refractivity (Wildman–Crippen MR) is 149 cm³/mol. The van der Waals surface area contributed by atoms with E-state index in [0.717, 1.165) is 10.8 Å². The van der Waals surface area contributed by atoms with Crippen molar-refractivity contribution in [3.05, 3.63) is 60.5 Å². The fourth-order valence-corrected chi connectivity index (χ4v) is 5.87. The Kier molecular flexibility index (Phi) is 6.71. The molecular formula is C27H26FN7O3S. The van der Waals surface area contributed by atoms with Crippen LogP contribution in [-0.2, 0) is 4.74 Å². The van der Waals surface area contributed by atoms with Gasteiger partial charge in [-0.25, -0.2) is 24.1 Å². The molecule has 2 aromatic carbocycles. The lowest BCUT2D eigenvalue weighted by atomic mass is 10.1. The minimum Gasteiger partial charge on any atom is -0.497 e. The third-order valence-electron chi connectivity index (χ3n) is 6.72. The molecule has 0 aliphatic carbocycles. The molecule has 2 saturated heterocycles. The number of carbonyl (C=O) groups excluding carboxylic acids is 1. The van der Waals surface area contributed by atoms with Crippen LogP contribution in [0.2, 0.25) is 0 Å². The predicted octanol–water partition coefficient (Wildman–Crippen LogP) is 4.28. The standard InChI is InChI=1S/C27H26FN7O3S/c1-37-18-7-5-17(6-8-18)34-11-12-35(27(34)36)21-4-2-3-19(22(21)28)24-23(20-9-10-30-25(29)31-20)32-26(39-24)33-13-15-38-16-14-33/h2-10H,11-16H2,1H3,(H2,29,30,31). The molecule has 0 radical (unpaired) electrons. The Labute approximate surface area is 228 Å². The Morgan fingerprint density at radius 1 is 1.00 bits per heavy atom. The van der Waals surface area contributed by atoms with Crippen molar-refractivity contribution in [2.75, 3.05) is 66.9 Å². The van der Waals surface area contributed by atoms with E-state index in [9.17, 15) is 4.79 Å². The van der Waals surface area contributed by atoms with Crippen molar-refractivity contribution in [3.63, 3.8) is 0 Å². The van der Waals surface area contributed by atoms with Crippen LogP contribution in [0.1, 0.15) is 0 Å². The molecule has 200 valence electrons. The highest BCUT2D eigenvalue weighted by Crippen LogP contribution is 2.43. The molecule has 4 heterocycles. The van der Waals surface area contributed by atoms with Crippen LogP contribution in [0.4, 0.5) is 31.6 Å². The monoisotopic (exact) mass is 547 g/mol. The molecule has 39 heavy (non-hydrogen) atoms. The molecule has 2 amide bonds. The zero-order valence-corrected chi connectivity index (χ0v) is 22.0. The van der Waals surface area contributed by atoms with Gasteiger partial charge in [0.2, 0.25) is 5.95 Å². The van der Waals surface area contributed by atoms with E-state index < -0.39 is 5.82 Å². The smallest absolute Gasteiger partial charge is 0.329 e. The van der Waals surface area contributed by atoms with Gasteiger partial charge in [0.15, 0.2) is 10.9 Å². The quantitative estimate of drug-likeness (QED) is 0.381. The number of aromatic nitrogens is 3. The van der Waals surface area contributed by atoms with Gasteiger partial charge in [-0.2, -0.15) is 0 Å². The Morgan fingerprint density at radius 2 is 1.77 bits per heavy atom. The lowest BCUT2D eigenvalue weighted by Gasteiger charge is -2.26. The maximum atomic E-state index is 16.3. The second-order valence-electron chi connectivity index (χ2n) is 9.00. The summed E-state index contributed by atoms with van der Waals surface area (Å²) in [5.74, 6) is 0.306. The molecule has 0 spiro atoms. The minimum atomic E-state index is -0.497. The van der Waals surface area contributed by atoms with Crippen LogP contribution in [0.15, 0.2) is 54.7 Å². The largest absolute Gasteiger partial charge is 0.497 e. The van der Waals surface area contributed by atoms with Crippen LogP contribution in [0.3, 0.4) is 0 Å². The van der Waals surface area contributed by atoms with Crippen LogP contribution >= 0.6 is 11.3 Å². The molecule has 4 aromatic rings. The summed E-state index contributed by atoms with van der Waals surface area (Å²) >= 11 is 1.38. The number of carbonyl (C=O) groups is 1. The van der Waals surface area contributed by atoms with Crippen molar-refractivity contribution in [1.82, 2.24) is 15.0 Å². The van der Waals surface area contributed by atoms with Crippen LogP contribution in [0.5, 0.6) is 5.75 Å². The molecule has 2 aliphatic heterocycles. The molecular weight excluding hydrogens is 521 g/mol. The van der Waals surface area contributed by atoms with E-state index in [2.05, 4.69) is 14.9 Å². The highest BCUT2D eigenvalue weighted by Gasteiger charge is 2.33. The average molecular weight is 548 g/mol. The first-order chi connectivity index (χ1) is 19.0. The SMILES string of the molecule is COc1ccc(N2CCN(c3cccc(-c4sc(N5CCOCC5)nc4-c4ccnc(N)n4)c3F)C2=O)cc1. The molecule has 0 saturated carbocycles. The van der Waals surface area contributed by atoms with Crippen LogP contribution in [0.25, 0.3) is 21.8 Å². The topological polar surface area (TPSA) is 110 Å². The number of hydrogen-bond acceptors (Lipinski definition) is 9. The molecule has 10 nitrogen and oxygen atoms in total. The maximum Gasteiger partial charge on any atom is 0.329 e. The number of benzene rings is 2. The van der Waals surface area contributed by atoms with Gasteiger partial charge in [-0.15, -0.1) is 0 Å². The number of halogens is 1. The molecule has 0 unspecified atom stereocenters. The van der Waals surface area contributed by atoms with Gasteiger partial charge in [0.1, 0.15) is 11.4 Å². The highest BCUT2D eigenvalue weighted by atomic mass is 32.1. The van der Waals surface area contributed by atoms with Crippen molar-refractivity contribution in [2.24, 2.45) is 0 Å². The van der Waals surface area contributed by atoms with Gasteiger partial charge in [-0.3, -0.25) is 9.80 Å². The number of morpholine rings is 1. The fourth-order valence-electron chi connectivity index (χ4n) is 4.73. The summed E-state index contributed by atoms with van der Waals surface area (Å²) in [4.78, 5) is 32.4. The van der Waals surface area contributed by atoms with Crippen molar-refractivity contribution < 1.29 is 18.7 Å². The number of thiazole rings is 1. The first kappa shape index (κ1) is 25.0. The highest BCUT2D eigenvalue weighted by molar-refractivity contribution is 7.19. The summed E-state index contributed by atoms with van der Waals surface area (Å²) in [6.45, 7) is 3.34. The van der Waals surface area contributed by atoms with E-state index >= 15 is 4.39 Å². The summed E-state index contributed by atoms with van der Waals surface area (Å²) in [5, 5.41) is 0.744. The summed E-state index contributed by atoms with van der Waals surface area (Å²) in [5.41, 5.74) is 8.15. The summed E-state index contributed by atoms with van der Waals surface area (Å²) in [7, 11) is 1.59. The number of methoxy groups -OCH3 is 1. The van der Waals surface area contributed by atoms with E-state index in [1.807, 2.05) is 12.1 Å². The van der Waals surface area contributed by atoms with E-state index in [1.165, 1.54) is 16.2 Å². The van der Waals surface area contributed by atoms with Crippen LogP contribution in [-0.4, -0.2) is 67.5 Å². The third-order valence-corrected chi connectivity index (χ3v) is 7.87. The number of nitrogens with zero attached hydrogens (tertiary/aromatic N) is 6. The number of amides is 2. The lowest BCUT2D eigenvalue weighted by Crippen LogP contribution is -2.36. The Morgan fingerprint density at radius 3 is 2.51 bits per heavy atom. The van der Waals surface area contributed by atoms with Crippen molar-refractivity contribution in [2.45, 2.75) is 0 Å². The zero-order chi connectivity index (χ0) is 26.9. The van der Waals surface area contributed by atoms with E-state index in [0.29, 0.717) is 67.0 Å².